The van der Waals surface area contributed by atoms with Gasteiger partial charge in [-0.2, -0.15) is 0 Å². The minimum Gasteiger partial charge on any atom is -0.358 e. The van der Waals surface area contributed by atoms with E-state index in [2.05, 4.69) is 5.73 Å². The van der Waals surface area contributed by atoms with Gasteiger partial charge in [0.1, 0.15) is 13.6 Å². The van der Waals surface area contributed by atoms with E-state index in [1.165, 1.54) is 7.05 Å². The molecule has 0 aliphatic carbocycles. The third-order valence-corrected chi connectivity index (χ3v) is 0. The third-order valence-electron chi connectivity index (χ3n) is 0. The van der Waals surface area contributed by atoms with E-state index in [1.807, 2.05) is 27.4 Å². The van der Waals surface area contributed by atoms with Crippen molar-refractivity contribution in [3.8, 4) is 0 Å². The van der Waals surface area contributed by atoms with E-state index in [9.17, 15) is 0 Å². The summed E-state index contributed by atoms with van der Waals surface area (Å²) in [6, 6.07) is 0. The normalized spacial score (nSPS) is 1.67. The van der Waals surface area contributed by atoms with Crippen LogP contribution in [0.4, 0.5) is 0 Å². The number of carbonyl (C=O) groups excluding carboxylic acids is 2. The van der Waals surface area contributed by atoms with Gasteiger partial charge in [-0.3, -0.25) is 0 Å². The zero-order valence-corrected chi connectivity index (χ0v) is 13.0. The Hall–Kier alpha value is 0.573. The summed E-state index contributed by atoms with van der Waals surface area (Å²) >= 11 is 0. The zero-order valence-electron chi connectivity index (χ0n) is 8.66. The molecule has 0 atom stereocenters. The Morgan fingerprint density at radius 1 is 0.833 bits per heavy atom. The van der Waals surface area contributed by atoms with Crippen molar-refractivity contribution < 1.29 is 49.2 Å². The molecule has 0 saturated heterocycles. The first-order valence-electron chi connectivity index (χ1n) is 2.15. The quantitative estimate of drug-likeness (QED) is 0.636. The van der Waals surface area contributed by atoms with Crippen molar-refractivity contribution in [1.29, 1.82) is 0 Å². The van der Waals surface area contributed by atoms with Gasteiger partial charge in [0.15, 0.2) is 0 Å². The van der Waals surface area contributed by atoms with E-state index in [-0.39, 0.29) is 54.5 Å². The van der Waals surface area contributed by atoms with E-state index in [0.717, 1.165) is 0 Å². The molecule has 0 amide bonds. The Labute approximate surface area is 104 Å². The van der Waals surface area contributed by atoms with E-state index in [1.54, 1.807) is 0 Å². The Morgan fingerprint density at radius 2 is 0.833 bits per heavy atom. The number of rotatable bonds is 0. The largest absolute Gasteiger partial charge is 2.00 e. The maximum absolute atomic E-state index is 8.00. The molecule has 2 N–H and O–H groups in total. The van der Waals surface area contributed by atoms with Crippen LogP contribution in [0.15, 0.2) is 0 Å². The van der Waals surface area contributed by atoms with Crippen LogP contribution in [-0.2, 0) is 49.2 Å². The fourth-order valence-corrected chi connectivity index (χ4v) is 0. The smallest absolute Gasteiger partial charge is 0.358 e. The Kier molecular flexibility index (Phi) is 26500. The fraction of sp³-hybridized carbons (Fsp3) is 0.429. The molecular weight excluding hydrogens is 365 g/mol. The van der Waals surface area contributed by atoms with Crippen LogP contribution in [0.25, 0.3) is 0 Å². The topological polar surface area (TPSA) is 60.2 Å². The van der Waals surface area contributed by atoms with Crippen molar-refractivity contribution in [1.82, 2.24) is 0 Å². The molecule has 0 unspecified atom stereocenters. The Balaban J connectivity index is -0.00000000267. The van der Waals surface area contributed by atoms with Gasteiger partial charge in [-0.25, -0.2) is 0 Å². The van der Waals surface area contributed by atoms with Crippen LogP contribution in [0, 0.1) is 14.9 Å². The average Bonchev–Trinajstić information content (AvgIpc) is 2.03. The SMILES string of the molecule is C=O.C=O.CC.CN.[CH3-].[CH3-].[V].[W+2]. The first kappa shape index (κ1) is 80.5. The third kappa shape index (κ3) is 2950. The molecule has 0 saturated carbocycles. The predicted octanol–water partition coefficient (Wildman–Crippen LogP) is 1.13. The molecule has 0 spiro atoms. The van der Waals surface area contributed by atoms with Crippen molar-refractivity contribution in [3.63, 3.8) is 0 Å². The van der Waals surface area contributed by atoms with Crippen molar-refractivity contribution >= 4 is 13.6 Å². The van der Waals surface area contributed by atoms with Crippen LogP contribution in [0.5, 0.6) is 0 Å². The summed E-state index contributed by atoms with van der Waals surface area (Å²) in [5, 5.41) is 0. The molecule has 1 radical (unpaired) electrons. The number of hydrogen-bond donors (Lipinski definition) is 1. The zero-order chi connectivity index (χ0) is 8.00. The van der Waals surface area contributed by atoms with Gasteiger partial charge < -0.3 is 30.2 Å². The second-order valence-corrected chi connectivity index (χ2v) is 0. The summed E-state index contributed by atoms with van der Waals surface area (Å²) < 4.78 is 0. The van der Waals surface area contributed by atoms with Gasteiger partial charge in [0.2, 0.25) is 0 Å². The molecule has 0 aromatic heterocycles. The van der Waals surface area contributed by atoms with Crippen LogP contribution in [0.2, 0.25) is 0 Å². The predicted molar refractivity (Wildman–Crippen MR) is 48.5 cm³/mol. The molecule has 12 heavy (non-hydrogen) atoms. The van der Waals surface area contributed by atoms with Crippen molar-refractivity contribution in [2.75, 3.05) is 7.05 Å². The first-order chi connectivity index (χ1) is 4.00. The summed E-state index contributed by atoms with van der Waals surface area (Å²) in [5.41, 5.74) is 4.50. The molecule has 0 heterocycles. The fourth-order valence-electron chi connectivity index (χ4n) is 0. The van der Waals surface area contributed by atoms with E-state index in [0.29, 0.717) is 0 Å². The monoisotopic (exact) mass is 386 g/mol. The van der Waals surface area contributed by atoms with Crippen LogP contribution in [0.1, 0.15) is 13.8 Å². The molecule has 5 heteroatoms. The summed E-state index contributed by atoms with van der Waals surface area (Å²) in [4.78, 5) is 16.0. The summed E-state index contributed by atoms with van der Waals surface area (Å²) in [6.45, 7) is 8.00. The Bertz CT molecular complexity index is 23.4. The molecule has 0 fully saturated rings. The van der Waals surface area contributed by atoms with Gasteiger partial charge in [0.25, 0.3) is 0 Å². The van der Waals surface area contributed by atoms with Crippen LogP contribution < -0.4 is 5.73 Å². The first-order valence-corrected chi connectivity index (χ1v) is 2.15. The number of carbonyl (C=O) groups is 2. The summed E-state index contributed by atoms with van der Waals surface area (Å²) in [7, 11) is 1.50. The Morgan fingerprint density at radius 3 is 0.833 bits per heavy atom. The minimum atomic E-state index is 0. The van der Waals surface area contributed by atoms with Crippen LogP contribution in [-0.4, -0.2) is 20.6 Å². The van der Waals surface area contributed by atoms with Crippen LogP contribution in [0.3, 0.4) is 0 Å². The maximum atomic E-state index is 8.00. The van der Waals surface area contributed by atoms with Gasteiger partial charge >= 0.3 is 21.1 Å². The molecule has 3 nitrogen and oxygen atoms in total. The van der Waals surface area contributed by atoms with Crippen molar-refractivity contribution in [2.24, 2.45) is 5.73 Å². The van der Waals surface area contributed by atoms with E-state index < -0.39 is 0 Å². The molecule has 0 aliphatic rings. The number of nitrogens with two attached hydrogens (primary N) is 1. The van der Waals surface area contributed by atoms with Gasteiger partial charge in [-0.1, -0.05) is 13.8 Å². The van der Waals surface area contributed by atoms with Crippen molar-refractivity contribution in [3.05, 3.63) is 14.9 Å². The van der Waals surface area contributed by atoms with Crippen LogP contribution >= 0.6 is 0 Å². The minimum absolute atomic E-state index is 0. The molecule has 0 rings (SSSR count). The van der Waals surface area contributed by atoms with Gasteiger partial charge in [-0.05, 0) is 7.05 Å². The molecule has 0 aliphatic heterocycles. The van der Waals surface area contributed by atoms with E-state index in [4.69, 9.17) is 9.59 Å². The summed E-state index contributed by atoms with van der Waals surface area (Å²) in [6.07, 6.45) is 0. The molecular formula is C7H21NO2VW. The summed E-state index contributed by atoms with van der Waals surface area (Å²) in [5.74, 6) is 0. The molecule has 0 bridgehead atoms. The average molecular weight is 386 g/mol. The van der Waals surface area contributed by atoms with Crippen molar-refractivity contribution in [2.45, 2.75) is 13.8 Å². The maximum Gasteiger partial charge on any atom is 2.00 e. The number of hydrogen-bond acceptors (Lipinski definition) is 3. The van der Waals surface area contributed by atoms with Gasteiger partial charge in [-0.15, -0.1) is 0 Å². The molecule has 0 aromatic carbocycles. The van der Waals surface area contributed by atoms with Gasteiger partial charge in [0, 0.05) is 18.6 Å². The molecule has 77 valence electrons. The standard InChI is InChI=1S/C2H6.CH5N.2CH2O.2CH3.V.W/c4*1-2;;;;/h1-2H3;2H2,1H3;2*1H2;2*1H3;;/q;;;;2*-1;;+2. The van der Waals surface area contributed by atoms with Gasteiger partial charge in [0.05, 0.1) is 0 Å². The van der Waals surface area contributed by atoms with E-state index >= 15 is 0 Å². The second-order valence-electron chi connectivity index (χ2n) is 0. The molecule has 0 aromatic rings. The second kappa shape index (κ2) is 3940.